The standard InChI is InChI=1S/C13H18N4O3S/c1-16(2)21(18,19)17-8-11(15-9-17)7-10-5-4-6-12(14)13(10)20-3/h4-6,8-9H,7,14H2,1-3H3. The molecule has 0 unspecified atom stereocenters. The second-order valence-electron chi connectivity index (χ2n) is 4.70. The van der Waals surface area contributed by atoms with Crippen molar-refractivity contribution < 1.29 is 13.2 Å². The Bertz CT molecular complexity index is 738. The molecule has 2 rings (SSSR count). The molecule has 7 nitrogen and oxygen atoms in total. The summed E-state index contributed by atoms with van der Waals surface area (Å²) in [5.74, 6) is 0.586. The summed E-state index contributed by atoms with van der Waals surface area (Å²) in [4.78, 5) is 4.13. The number of benzene rings is 1. The number of imidazole rings is 1. The molecule has 0 bridgehead atoms. The van der Waals surface area contributed by atoms with Crippen LogP contribution in [0.2, 0.25) is 0 Å². The highest BCUT2D eigenvalue weighted by Gasteiger charge is 2.17. The van der Waals surface area contributed by atoms with Crippen LogP contribution in [0.15, 0.2) is 30.7 Å². The van der Waals surface area contributed by atoms with Crippen molar-refractivity contribution in [3.05, 3.63) is 42.0 Å². The lowest BCUT2D eigenvalue weighted by atomic mass is 10.1. The average molecular weight is 310 g/mol. The fraction of sp³-hybridized carbons (Fsp3) is 0.308. The van der Waals surface area contributed by atoms with Crippen LogP contribution in [0.25, 0.3) is 0 Å². The van der Waals surface area contributed by atoms with Gasteiger partial charge in [-0.05, 0) is 6.07 Å². The van der Waals surface area contributed by atoms with Crippen LogP contribution >= 0.6 is 0 Å². The van der Waals surface area contributed by atoms with Gasteiger partial charge in [0.1, 0.15) is 12.1 Å². The number of para-hydroxylation sites is 1. The summed E-state index contributed by atoms with van der Waals surface area (Å²) >= 11 is 0. The van der Waals surface area contributed by atoms with Crippen LogP contribution in [0.4, 0.5) is 5.69 Å². The molecule has 114 valence electrons. The SMILES string of the molecule is COc1c(N)cccc1Cc1cn(S(=O)(=O)N(C)C)cn1. The van der Waals surface area contributed by atoms with E-state index in [0.29, 0.717) is 23.6 Å². The van der Waals surface area contributed by atoms with Gasteiger partial charge in [0.2, 0.25) is 0 Å². The van der Waals surface area contributed by atoms with E-state index in [1.54, 1.807) is 13.2 Å². The zero-order valence-electron chi connectivity index (χ0n) is 12.1. The first-order valence-corrected chi connectivity index (χ1v) is 7.63. The van der Waals surface area contributed by atoms with Crippen molar-refractivity contribution in [2.24, 2.45) is 0 Å². The molecule has 8 heteroatoms. The van der Waals surface area contributed by atoms with Gasteiger partial charge in [-0.3, -0.25) is 0 Å². The Morgan fingerprint density at radius 1 is 1.38 bits per heavy atom. The minimum Gasteiger partial charge on any atom is -0.494 e. The third kappa shape index (κ3) is 3.01. The Labute approximate surface area is 124 Å². The minimum atomic E-state index is -3.54. The fourth-order valence-electron chi connectivity index (χ4n) is 1.94. The van der Waals surface area contributed by atoms with Gasteiger partial charge >= 0.3 is 10.2 Å². The summed E-state index contributed by atoms with van der Waals surface area (Å²) in [7, 11) is 0.942. The molecule has 0 aliphatic heterocycles. The topological polar surface area (TPSA) is 90.4 Å². The second-order valence-corrected chi connectivity index (χ2v) is 6.75. The van der Waals surface area contributed by atoms with E-state index in [-0.39, 0.29) is 0 Å². The van der Waals surface area contributed by atoms with E-state index in [1.165, 1.54) is 26.6 Å². The highest BCUT2D eigenvalue weighted by atomic mass is 32.2. The van der Waals surface area contributed by atoms with Gasteiger partial charge in [0.15, 0.2) is 0 Å². The number of ether oxygens (including phenoxy) is 1. The quantitative estimate of drug-likeness (QED) is 0.822. The van der Waals surface area contributed by atoms with Crippen molar-refractivity contribution in [1.82, 2.24) is 13.3 Å². The number of anilines is 1. The molecule has 0 radical (unpaired) electrons. The maximum absolute atomic E-state index is 12.0. The fourth-order valence-corrected chi connectivity index (χ4v) is 2.74. The molecule has 0 amide bonds. The molecule has 0 spiro atoms. The number of hydrogen-bond acceptors (Lipinski definition) is 5. The minimum absolute atomic E-state index is 0.435. The van der Waals surface area contributed by atoms with E-state index in [4.69, 9.17) is 10.5 Å². The van der Waals surface area contributed by atoms with Crippen LogP contribution < -0.4 is 10.5 Å². The lowest BCUT2D eigenvalue weighted by Gasteiger charge is -2.11. The molecule has 1 aromatic carbocycles. The molecule has 0 saturated heterocycles. The summed E-state index contributed by atoms with van der Waals surface area (Å²) in [6.45, 7) is 0. The predicted octanol–water partition coefficient (Wildman–Crippen LogP) is 0.719. The summed E-state index contributed by atoms with van der Waals surface area (Å²) < 4.78 is 31.4. The highest BCUT2D eigenvalue weighted by molar-refractivity contribution is 7.87. The number of aromatic nitrogens is 2. The largest absolute Gasteiger partial charge is 0.494 e. The van der Waals surface area contributed by atoms with Crippen LogP contribution in [0, 0.1) is 0 Å². The normalized spacial score (nSPS) is 11.8. The molecule has 2 aromatic rings. The number of methoxy groups -OCH3 is 1. The van der Waals surface area contributed by atoms with Gasteiger partial charge in [0.05, 0.1) is 18.5 Å². The van der Waals surface area contributed by atoms with E-state index in [1.807, 2.05) is 12.1 Å². The monoisotopic (exact) mass is 310 g/mol. The Hall–Kier alpha value is -2.06. The first-order chi connectivity index (χ1) is 9.86. The van der Waals surface area contributed by atoms with Crippen molar-refractivity contribution in [1.29, 1.82) is 0 Å². The molecular weight excluding hydrogens is 292 g/mol. The molecule has 0 fully saturated rings. The number of nitrogens with zero attached hydrogens (tertiary/aromatic N) is 3. The van der Waals surface area contributed by atoms with E-state index in [9.17, 15) is 8.42 Å². The summed E-state index contributed by atoms with van der Waals surface area (Å²) in [6, 6.07) is 5.44. The molecule has 21 heavy (non-hydrogen) atoms. The number of nitrogen functional groups attached to an aromatic ring is 1. The molecule has 1 heterocycles. The van der Waals surface area contributed by atoms with Gasteiger partial charge in [0, 0.05) is 32.3 Å². The van der Waals surface area contributed by atoms with Crippen molar-refractivity contribution in [3.8, 4) is 5.75 Å². The first-order valence-electron chi connectivity index (χ1n) is 6.23. The second kappa shape index (κ2) is 5.74. The molecular formula is C13H18N4O3S. The van der Waals surface area contributed by atoms with Crippen LogP contribution in [0.3, 0.4) is 0 Å². The number of rotatable bonds is 5. The summed E-state index contributed by atoms with van der Waals surface area (Å²) in [5, 5.41) is 0. The molecule has 0 atom stereocenters. The Morgan fingerprint density at radius 3 is 2.71 bits per heavy atom. The van der Waals surface area contributed by atoms with E-state index in [2.05, 4.69) is 4.98 Å². The van der Waals surface area contributed by atoms with Gasteiger partial charge in [-0.2, -0.15) is 12.7 Å². The zero-order chi connectivity index (χ0) is 15.6. The summed E-state index contributed by atoms with van der Waals surface area (Å²) in [6.07, 6.45) is 3.20. The van der Waals surface area contributed by atoms with Crippen molar-refractivity contribution in [2.45, 2.75) is 6.42 Å². The van der Waals surface area contributed by atoms with Crippen LogP contribution in [-0.4, -0.2) is 42.9 Å². The average Bonchev–Trinajstić information content (AvgIpc) is 2.88. The third-order valence-electron chi connectivity index (χ3n) is 3.04. The summed E-state index contributed by atoms with van der Waals surface area (Å²) in [5.41, 5.74) is 7.85. The molecule has 2 N–H and O–H groups in total. The van der Waals surface area contributed by atoms with Gasteiger partial charge in [-0.15, -0.1) is 0 Å². The third-order valence-corrected chi connectivity index (χ3v) is 4.70. The van der Waals surface area contributed by atoms with Gasteiger partial charge < -0.3 is 10.5 Å². The predicted molar refractivity (Wildman–Crippen MR) is 80.4 cm³/mol. The lowest BCUT2D eigenvalue weighted by molar-refractivity contribution is 0.412. The van der Waals surface area contributed by atoms with Crippen LogP contribution in [-0.2, 0) is 16.6 Å². The van der Waals surface area contributed by atoms with E-state index < -0.39 is 10.2 Å². The van der Waals surface area contributed by atoms with Crippen LogP contribution in [0.5, 0.6) is 5.75 Å². The smallest absolute Gasteiger partial charge is 0.308 e. The molecule has 0 aliphatic carbocycles. The maximum Gasteiger partial charge on any atom is 0.308 e. The number of hydrogen-bond donors (Lipinski definition) is 1. The van der Waals surface area contributed by atoms with E-state index >= 15 is 0 Å². The Morgan fingerprint density at radius 2 is 2.10 bits per heavy atom. The Balaban J connectivity index is 2.31. The van der Waals surface area contributed by atoms with Crippen molar-refractivity contribution >= 4 is 15.9 Å². The highest BCUT2D eigenvalue weighted by Crippen LogP contribution is 2.27. The molecule has 0 saturated carbocycles. The van der Waals surface area contributed by atoms with Gasteiger partial charge in [-0.1, -0.05) is 12.1 Å². The first kappa shape index (κ1) is 15.3. The zero-order valence-corrected chi connectivity index (χ0v) is 13.0. The Kier molecular flexibility index (Phi) is 4.19. The number of nitrogens with two attached hydrogens (primary N) is 1. The molecule has 1 aromatic heterocycles. The van der Waals surface area contributed by atoms with Crippen molar-refractivity contribution in [3.63, 3.8) is 0 Å². The maximum atomic E-state index is 12.0. The lowest BCUT2D eigenvalue weighted by Crippen LogP contribution is -2.27. The van der Waals surface area contributed by atoms with Gasteiger partial charge in [-0.25, -0.2) is 8.96 Å². The van der Waals surface area contributed by atoms with Gasteiger partial charge in [0.25, 0.3) is 0 Å². The van der Waals surface area contributed by atoms with Crippen molar-refractivity contribution in [2.75, 3.05) is 26.9 Å². The van der Waals surface area contributed by atoms with E-state index in [0.717, 1.165) is 13.8 Å². The molecule has 0 aliphatic rings. The van der Waals surface area contributed by atoms with Crippen LogP contribution in [0.1, 0.15) is 11.3 Å².